The summed E-state index contributed by atoms with van der Waals surface area (Å²) < 4.78 is 6.98. The molecule has 0 spiro atoms. The van der Waals surface area contributed by atoms with Gasteiger partial charge in [0, 0.05) is 54.9 Å². The molecule has 0 aliphatic carbocycles. The van der Waals surface area contributed by atoms with Gasteiger partial charge in [-0.1, -0.05) is 115 Å². The molecule has 5 nitrogen and oxygen atoms in total. The number of rotatable bonds is 4. The summed E-state index contributed by atoms with van der Waals surface area (Å²) in [7, 11) is 0. The van der Waals surface area contributed by atoms with Crippen LogP contribution in [0.15, 0.2) is 176 Å². The molecule has 11 aromatic rings. The van der Waals surface area contributed by atoms with Crippen molar-refractivity contribution in [1.82, 2.24) is 13.7 Å². The van der Waals surface area contributed by atoms with Crippen LogP contribution in [0.1, 0.15) is 0 Å². The van der Waals surface area contributed by atoms with E-state index in [1.54, 1.807) is 0 Å². The first-order chi connectivity index (χ1) is 27.2. The molecule has 0 radical (unpaired) electrons. The highest BCUT2D eigenvalue weighted by Crippen LogP contribution is 2.44. The summed E-state index contributed by atoms with van der Waals surface area (Å²) in [5.74, 6) is 0. The summed E-state index contributed by atoms with van der Waals surface area (Å²) in [5, 5.41) is 6.75. The summed E-state index contributed by atoms with van der Waals surface area (Å²) in [5.41, 5.74) is 12.8. The van der Waals surface area contributed by atoms with Gasteiger partial charge in [-0.3, -0.25) is 0 Å². The molecule has 8 aromatic carbocycles. The molecule has 0 amide bonds. The van der Waals surface area contributed by atoms with E-state index in [1.807, 2.05) is 36.4 Å². The van der Waals surface area contributed by atoms with Gasteiger partial charge in [0.05, 0.1) is 46.4 Å². The molecule has 0 saturated carbocycles. The molecule has 0 N–H and O–H groups in total. The van der Waals surface area contributed by atoms with Crippen LogP contribution < -0.4 is 0 Å². The van der Waals surface area contributed by atoms with Gasteiger partial charge in [-0.15, -0.1) is 0 Å². The van der Waals surface area contributed by atoms with Crippen LogP contribution >= 0.6 is 0 Å². The van der Waals surface area contributed by atoms with Crippen LogP contribution in [0.2, 0.25) is 0 Å². The van der Waals surface area contributed by atoms with Crippen molar-refractivity contribution in [3.05, 3.63) is 199 Å². The number of hydrogen-bond acceptors (Lipinski definition) is 0. The highest BCUT2D eigenvalue weighted by Gasteiger charge is 2.22. The Bertz CT molecular complexity index is 3420. The molecule has 0 aliphatic rings. The minimum Gasteiger partial charge on any atom is -0.311 e. The SMILES string of the molecule is [C-]#[N+]c1ccc(-c2ccccc2-n2c3ccccc3c3cc(-n4c5ccccc5c5ccccc54)ccc32)c(-n2c3ccccc3c3c([N+]#[C-])cccc32)c1. The lowest BCUT2D eigenvalue weighted by Crippen LogP contribution is -2.01. The molecule has 0 aliphatic heterocycles. The van der Waals surface area contributed by atoms with E-state index in [0.717, 1.165) is 61.0 Å². The fraction of sp³-hybridized carbons (Fsp3) is 0. The molecule has 0 unspecified atom stereocenters. The maximum Gasteiger partial charge on any atom is 0.197 e. The molecule has 0 saturated heterocycles. The average molecular weight is 700 g/mol. The number of aromatic nitrogens is 3. The van der Waals surface area contributed by atoms with Crippen LogP contribution in [0.4, 0.5) is 11.4 Å². The fourth-order valence-corrected chi connectivity index (χ4v) is 8.81. The number of benzene rings is 8. The van der Waals surface area contributed by atoms with E-state index in [0.29, 0.717) is 11.4 Å². The van der Waals surface area contributed by atoms with Crippen molar-refractivity contribution in [2.45, 2.75) is 0 Å². The monoisotopic (exact) mass is 699 g/mol. The molecule has 0 fully saturated rings. The molecular formula is C50H29N5. The summed E-state index contributed by atoms with van der Waals surface area (Å²) in [6.07, 6.45) is 0. The van der Waals surface area contributed by atoms with Crippen LogP contribution in [-0.2, 0) is 0 Å². The van der Waals surface area contributed by atoms with Crippen molar-refractivity contribution in [2.24, 2.45) is 0 Å². The summed E-state index contributed by atoms with van der Waals surface area (Å²) >= 11 is 0. The van der Waals surface area contributed by atoms with Gasteiger partial charge in [-0.2, -0.15) is 0 Å². The van der Waals surface area contributed by atoms with E-state index in [1.165, 1.54) is 32.6 Å². The lowest BCUT2D eigenvalue weighted by atomic mass is 10.00. The van der Waals surface area contributed by atoms with Gasteiger partial charge < -0.3 is 13.7 Å². The Morgan fingerprint density at radius 3 is 1.56 bits per heavy atom. The lowest BCUT2D eigenvalue weighted by Gasteiger charge is -2.19. The van der Waals surface area contributed by atoms with Crippen LogP contribution in [0.25, 0.3) is 103 Å². The van der Waals surface area contributed by atoms with Gasteiger partial charge in [-0.05, 0) is 66.0 Å². The topological polar surface area (TPSA) is 23.5 Å². The highest BCUT2D eigenvalue weighted by atomic mass is 15.0. The predicted molar refractivity (Wildman–Crippen MR) is 227 cm³/mol. The first kappa shape index (κ1) is 30.7. The molecule has 3 aromatic heterocycles. The molecule has 5 heteroatoms. The van der Waals surface area contributed by atoms with Crippen LogP contribution in [0.3, 0.4) is 0 Å². The van der Waals surface area contributed by atoms with Gasteiger partial charge >= 0.3 is 0 Å². The van der Waals surface area contributed by atoms with Gasteiger partial charge in [0.2, 0.25) is 0 Å². The number of fused-ring (bicyclic) bond motifs is 9. The zero-order valence-corrected chi connectivity index (χ0v) is 29.5. The third-order valence-corrected chi connectivity index (χ3v) is 11.1. The van der Waals surface area contributed by atoms with Crippen molar-refractivity contribution in [2.75, 3.05) is 0 Å². The summed E-state index contributed by atoms with van der Waals surface area (Å²) in [6.45, 7) is 16.0. The first-order valence-corrected chi connectivity index (χ1v) is 18.3. The maximum atomic E-state index is 8.00. The maximum absolute atomic E-state index is 8.00. The second-order valence-corrected chi connectivity index (χ2v) is 13.9. The minimum atomic E-state index is 0.554. The Kier molecular flexibility index (Phi) is 6.61. The minimum absolute atomic E-state index is 0.554. The molecule has 0 atom stereocenters. The normalized spacial score (nSPS) is 11.6. The number of para-hydroxylation sites is 5. The molecule has 11 rings (SSSR count). The van der Waals surface area contributed by atoms with Crippen LogP contribution in [0, 0.1) is 13.1 Å². The molecule has 0 bridgehead atoms. The quantitative estimate of drug-likeness (QED) is 0.163. The largest absolute Gasteiger partial charge is 0.311 e. The standard InChI is InChI=1S/C50H29N5/c1-51-32-26-28-38(49(30-32)55-46-24-12-7-18-39(46)50-41(52-2)19-13-25-48(50)55)36-16-5-10-22-44(36)54-45-23-11-6-17-37(45)40-31-33(27-29-47(40)54)53-42-20-8-3-14-34(42)35-15-4-9-21-43(35)53/h3-31H. The van der Waals surface area contributed by atoms with Crippen molar-refractivity contribution in [3.8, 4) is 28.2 Å². The van der Waals surface area contributed by atoms with Crippen LogP contribution in [0.5, 0.6) is 0 Å². The van der Waals surface area contributed by atoms with Gasteiger partial charge in [-0.25, -0.2) is 9.69 Å². The summed E-state index contributed by atoms with van der Waals surface area (Å²) in [6, 6.07) is 61.4. The first-order valence-electron chi connectivity index (χ1n) is 18.3. The Labute approximate surface area is 316 Å². The number of hydrogen-bond donors (Lipinski definition) is 0. The number of nitrogens with zero attached hydrogens (tertiary/aromatic N) is 5. The van der Waals surface area contributed by atoms with Gasteiger partial charge in [0.15, 0.2) is 11.4 Å². The molecule has 3 heterocycles. The second-order valence-electron chi connectivity index (χ2n) is 13.9. The van der Waals surface area contributed by atoms with Crippen molar-refractivity contribution >= 4 is 76.8 Å². The molecule has 254 valence electrons. The lowest BCUT2D eigenvalue weighted by molar-refractivity contribution is 1.16. The second kappa shape index (κ2) is 11.8. The fourth-order valence-electron chi connectivity index (χ4n) is 8.81. The zero-order valence-electron chi connectivity index (χ0n) is 29.5. The zero-order chi connectivity index (χ0) is 36.6. The van der Waals surface area contributed by atoms with Gasteiger partial charge in [0.25, 0.3) is 0 Å². The Morgan fingerprint density at radius 2 is 0.873 bits per heavy atom. The van der Waals surface area contributed by atoms with Crippen LogP contribution in [-0.4, -0.2) is 13.7 Å². The van der Waals surface area contributed by atoms with Crippen molar-refractivity contribution in [1.29, 1.82) is 0 Å². The van der Waals surface area contributed by atoms with E-state index in [4.69, 9.17) is 13.1 Å². The molecule has 55 heavy (non-hydrogen) atoms. The van der Waals surface area contributed by atoms with E-state index in [-0.39, 0.29) is 0 Å². The van der Waals surface area contributed by atoms with Crippen molar-refractivity contribution < 1.29 is 0 Å². The Balaban J connectivity index is 1.19. The van der Waals surface area contributed by atoms with E-state index < -0.39 is 0 Å². The van der Waals surface area contributed by atoms with Gasteiger partial charge in [0.1, 0.15) is 0 Å². The third-order valence-electron chi connectivity index (χ3n) is 11.1. The Hall–Kier alpha value is -7.86. The van der Waals surface area contributed by atoms with E-state index in [9.17, 15) is 0 Å². The highest BCUT2D eigenvalue weighted by molar-refractivity contribution is 6.16. The predicted octanol–water partition coefficient (Wildman–Crippen LogP) is 13.7. The molecular weight excluding hydrogens is 671 g/mol. The van der Waals surface area contributed by atoms with Crippen molar-refractivity contribution in [3.63, 3.8) is 0 Å². The van der Waals surface area contributed by atoms with E-state index >= 15 is 0 Å². The summed E-state index contributed by atoms with van der Waals surface area (Å²) in [4.78, 5) is 7.78. The average Bonchev–Trinajstić information content (AvgIpc) is 3.89. The third kappa shape index (κ3) is 4.39. The Morgan fingerprint density at radius 1 is 0.345 bits per heavy atom. The van der Waals surface area contributed by atoms with E-state index in [2.05, 4.69) is 163 Å². The smallest absolute Gasteiger partial charge is 0.197 e.